The molecule has 0 spiro atoms. The van der Waals surface area contributed by atoms with Crippen LogP contribution in [0.25, 0.3) is 11.0 Å². The van der Waals surface area contributed by atoms with Crippen molar-refractivity contribution in [3.05, 3.63) is 47.0 Å². The summed E-state index contributed by atoms with van der Waals surface area (Å²) in [5, 5.41) is 3.23. The Hall–Kier alpha value is -2.99. The minimum atomic E-state index is -4.80. The first kappa shape index (κ1) is 28.0. The molecule has 2 aromatic carbocycles. The highest BCUT2D eigenvalue weighted by atomic mass is 35.5. The predicted molar refractivity (Wildman–Crippen MR) is 139 cm³/mol. The molecule has 38 heavy (non-hydrogen) atoms. The van der Waals surface area contributed by atoms with Crippen molar-refractivity contribution in [3.63, 3.8) is 0 Å². The third kappa shape index (κ3) is 6.71. The molecule has 3 aromatic rings. The Bertz CT molecular complexity index is 1470. The molecule has 1 saturated carbocycles. The van der Waals surface area contributed by atoms with E-state index >= 15 is 0 Å². The fourth-order valence-corrected chi connectivity index (χ4v) is 6.02. The van der Waals surface area contributed by atoms with E-state index in [-0.39, 0.29) is 27.8 Å². The highest BCUT2D eigenvalue weighted by molar-refractivity contribution is 7.89. The first-order chi connectivity index (χ1) is 17.5. The number of nitrogens with zero attached hydrogens (tertiary/aromatic N) is 2. The smallest absolute Gasteiger partial charge is 0.406 e. The lowest BCUT2D eigenvalue weighted by molar-refractivity contribution is -0.274. The summed E-state index contributed by atoms with van der Waals surface area (Å²) in [6, 6.07) is 8.29. The van der Waals surface area contributed by atoms with E-state index in [1.165, 1.54) is 30.3 Å². The second-order valence-corrected chi connectivity index (χ2v) is 12.7. The second kappa shape index (κ2) is 9.96. The molecule has 4 rings (SSSR count). The van der Waals surface area contributed by atoms with Gasteiger partial charge in [0.2, 0.25) is 16.0 Å². The number of nitrogens with one attached hydrogen (secondary N) is 2. The monoisotopic (exact) mass is 572 g/mol. The molecule has 1 aromatic heterocycles. The number of carbonyl (C=O) groups is 1. The largest absolute Gasteiger partial charge is 0.573 e. The van der Waals surface area contributed by atoms with Gasteiger partial charge in [-0.15, -0.1) is 13.2 Å². The second-order valence-electron chi connectivity index (χ2n) is 10.6. The summed E-state index contributed by atoms with van der Waals surface area (Å²) in [6.45, 7) is 6.57. The molecule has 0 unspecified atom stereocenters. The zero-order valence-electron chi connectivity index (χ0n) is 21.2. The number of benzene rings is 2. The van der Waals surface area contributed by atoms with E-state index in [9.17, 15) is 26.4 Å². The summed E-state index contributed by atoms with van der Waals surface area (Å²) >= 11 is 6.44. The molecular weight excluding hydrogens is 545 g/mol. The van der Waals surface area contributed by atoms with Crippen LogP contribution in [-0.4, -0.2) is 36.5 Å². The van der Waals surface area contributed by atoms with E-state index in [4.69, 9.17) is 11.6 Å². The third-order valence-electron chi connectivity index (χ3n) is 6.37. The third-order valence-corrected chi connectivity index (χ3v) is 7.24. The molecule has 13 heteroatoms. The van der Waals surface area contributed by atoms with Crippen molar-refractivity contribution in [1.82, 2.24) is 14.3 Å². The Labute approximate surface area is 223 Å². The molecule has 1 aliphatic rings. The zero-order chi connectivity index (χ0) is 28.0. The summed E-state index contributed by atoms with van der Waals surface area (Å²) in [7, 11) is -3.81. The number of amides is 1. The number of sulfonamides is 1. The quantitative estimate of drug-likeness (QED) is 0.354. The van der Waals surface area contributed by atoms with Crippen LogP contribution >= 0.6 is 11.6 Å². The van der Waals surface area contributed by atoms with Gasteiger partial charge >= 0.3 is 6.36 Å². The van der Waals surface area contributed by atoms with Crippen LogP contribution in [0.4, 0.5) is 24.8 Å². The summed E-state index contributed by atoms with van der Waals surface area (Å²) < 4.78 is 68.7. The summed E-state index contributed by atoms with van der Waals surface area (Å²) in [6.07, 6.45) is -1.19. The molecule has 0 radical (unpaired) electrons. The molecule has 0 saturated heterocycles. The van der Waals surface area contributed by atoms with Crippen LogP contribution in [0.15, 0.2) is 36.4 Å². The van der Waals surface area contributed by atoms with Gasteiger partial charge in [0.15, 0.2) is 0 Å². The van der Waals surface area contributed by atoms with Crippen LogP contribution in [0, 0.1) is 11.3 Å². The number of rotatable bonds is 6. The molecule has 206 valence electrons. The molecule has 0 bridgehead atoms. The minimum absolute atomic E-state index is 0.0147. The lowest BCUT2D eigenvalue weighted by Gasteiger charge is -2.40. The van der Waals surface area contributed by atoms with Gasteiger partial charge in [-0.2, -0.15) is 0 Å². The maximum atomic E-state index is 12.6. The molecule has 0 aliphatic heterocycles. The maximum Gasteiger partial charge on any atom is 0.573 e. The molecule has 2 atom stereocenters. The van der Waals surface area contributed by atoms with Crippen LogP contribution in [0.3, 0.4) is 0 Å². The van der Waals surface area contributed by atoms with Crippen LogP contribution in [0.2, 0.25) is 5.02 Å². The highest BCUT2D eigenvalue weighted by Crippen LogP contribution is 2.46. The van der Waals surface area contributed by atoms with E-state index in [0.717, 1.165) is 25.5 Å². The Morgan fingerprint density at radius 1 is 1.18 bits per heavy atom. The number of hydrogen-bond acceptors (Lipinski definition) is 6. The maximum absolute atomic E-state index is 12.6. The number of alkyl halides is 3. The SMILES string of the molecule is C[C@@H]1C[C@@H](n2c(Nc3ccc(OC(F)(F)F)cc3)nc3cc(C(=O)NS(C)(=O)=O)c(Cl)cc32)CC(C)(C)C1. The number of halogens is 4. The molecule has 2 N–H and O–H groups in total. The normalized spacial score (nSPS) is 19.8. The summed E-state index contributed by atoms with van der Waals surface area (Å²) in [5.41, 5.74) is 1.52. The van der Waals surface area contributed by atoms with Crippen molar-refractivity contribution >= 4 is 50.2 Å². The van der Waals surface area contributed by atoms with E-state index in [2.05, 4.69) is 35.8 Å². The Kier molecular flexibility index (Phi) is 7.34. The number of ether oxygens (including phenoxy) is 1. The van der Waals surface area contributed by atoms with Crippen molar-refractivity contribution in [2.75, 3.05) is 11.6 Å². The number of aromatic nitrogens is 2. The number of anilines is 2. The van der Waals surface area contributed by atoms with Crippen LogP contribution < -0.4 is 14.8 Å². The number of imidazole rings is 1. The van der Waals surface area contributed by atoms with Gasteiger partial charge in [0, 0.05) is 11.7 Å². The van der Waals surface area contributed by atoms with Gasteiger partial charge in [-0.25, -0.2) is 18.1 Å². The zero-order valence-corrected chi connectivity index (χ0v) is 22.8. The van der Waals surface area contributed by atoms with Gasteiger partial charge in [-0.3, -0.25) is 4.79 Å². The van der Waals surface area contributed by atoms with E-state index in [0.29, 0.717) is 28.6 Å². The average Bonchev–Trinajstić information content (AvgIpc) is 3.07. The van der Waals surface area contributed by atoms with Crippen molar-refractivity contribution in [2.24, 2.45) is 11.3 Å². The Morgan fingerprint density at radius 3 is 2.42 bits per heavy atom. The van der Waals surface area contributed by atoms with Gasteiger partial charge in [-0.1, -0.05) is 32.4 Å². The molecule has 1 amide bonds. The minimum Gasteiger partial charge on any atom is -0.406 e. The standard InChI is InChI=1S/C25H28ClF3N4O4S/c1-14-9-16(13-24(2,3)12-14)33-21-11-19(26)18(22(34)32-38(4,35)36)10-20(21)31-23(33)30-15-5-7-17(8-6-15)37-25(27,28)29/h5-8,10-11,14,16H,9,12-13H2,1-4H3,(H,30,31)(H,32,34)/t14-,16-/m1/s1. The van der Waals surface area contributed by atoms with Gasteiger partial charge in [-0.05, 0) is 67.0 Å². The van der Waals surface area contributed by atoms with Crippen molar-refractivity contribution < 1.29 is 31.1 Å². The van der Waals surface area contributed by atoms with Crippen molar-refractivity contribution in [3.8, 4) is 5.75 Å². The van der Waals surface area contributed by atoms with Gasteiger partial charge in [0.25, 0.3) is 5.91 Å². The van der Waals surface area contributed by atoms with Crippen LogP contribution in [0.5, 0.6) is 5.75 Å². The first-order valence-electron chi connectivity index (χ1n) is 11.9. The average molecular weight is 573 g/mol. The summed E-state index contributed by atoms with van der Waals surface area (Å²) in [5.74, 6) is -0.400. The van der Waals surface area contributed by atoms with Gasteiger partial charge < -0.3 is 14.6 Å². The van der Waals surface area contributed by atoms with Crippen LogP contribution in [-0.2, 0) is 10.0 Å². The lowest BCUT2D eigenvalue weighted by atomic mass is 9.70. The first-order valence-corrected chi connectivity index (χ1v) is 14.1. The number of carbonyl (C=O) groups excluding carboxylic acids is 1. The van der Waals surface area contributed by atoms with E-state index in [1.54, 1.807) is 6.07 Å². The lowest BCUT2D eigenvalue weighted by Crippen LogP contribution is -2.30. The molecule has 1 aliphatic carbocycles. The van der Waals surface area contributed by atoms with Crippen LogP contribution in [0.1, 0.15) is 56.4 Å². The predicted octanol–water partition coefficient (Wildman–Crippen LogP) is 6.41. The molecular formula is C25H28ClF3N4O4S. The highest BCUT2D eigenvalue weighted by Gasteiger charge is 2.35. The van der Waals surface area contributed by atoms with Gasteiger partial charge in [0.05, 0.1) is 27.9 Å². The Balaban J connectivity index is 1.78. The number of fused-ring (bicyclic) bond motifs is 1. The number of hydrogen-bond donors (Lipinski definition) is 2. The fraction of sp³-hybridized carbons (Fsp3) is 0.440. The Morgan fingerprint density at radius 2 is 1.84 bits per heavy atom. The summed E-state index contributed by atoms with van der Waals surface area (Å²) in [4.78, 5) is 17.2. The van der Waals surface area contributed by atoms with E-state index in [1.807, 2.05) is 9.29 Å². The topological polar surface area (TPSA) is 102 Å². The van der Waals surface area contributed by atoms with E-state index < -0.39 is 22.3 Å². The van der Waals surface area contributed by atoms with Crippen molar-refractivity contribution in [2.45, 2.75) is 52.4 Å². The molecule has 8 nitrogen and oxygen atoms in total. The molecule has 1 fully saturated rings. The van der Waals surface area contributed by atoms with Gasteiger partial charge in [0.1, 0.15) is 5.75 Å². The van der Waals surface area contributed by atoms with Crippen molar-refractivity contribution in [1.29, 1.82) is 0 Å². The molecule has 1 heterocycles. The fourth-order valence-electron chi connectivity index (χ4n) is 5.33.